The lowest BCUT2D eigenvalue weighted by Gasteiger charge is -2.15. The smallest absolute Gasteiger partial charge is 0.326 e. The number of benzene rings is 2. The molecular formula is C20H18ClN3O4. The zero-order chi connectivity index (χ0) is 20.3. The van der Waals surface area contributed by atoms with Crippen molar-refractivity contribution in [3.8, 4) is 0 Å². The summed E-state index contributed by atoms with van der Waals surface area (Å²) in [6.07, 6.45) is 0.237. The van der Waals surface area contributed by atoms with Crippen molar-refractivity contribution < 1.29 is 14.3 Å². The Morgan fingerprint density at radius 1 is 1.21 bits per heavy atom. The van der Waals surface area contributed by atoms with Gasteiger partial charge in [0, 0.05) is 10.7 Å². The Kier molecular flexibility index (Phi) is 5.75. The van der Waals surface area contributed by atoms with E-state index in [1.54, 1.807) is 49.4 Å². The molecule has 0 radical (unpaired) electrons. The van der Waals surface area contributed by atoms with Crippen molar-refractivity contribution in [2.45, 2.75) is 26.5 Å². The van der Waals surface area contributed by atoms with Crippen molar-refractivity contribution in [1.82, 2.24) is 9.55 Å². The fraction of sp³-hybridized carbons (Fsp3) is 0.200. The van der Waals surface area contributed by atoms with Crippen molar-refractivity contribution in [3.05, 3.63) is 69.7 Å². The van der Waals surface area contributed by atoms with Crippen molar-refractivity contribution in [1.29, 1.82) is 0 Å². The van der Waals surface area contributed by atoms with Crippen LogP contribution in [0, 0.1) is 6.92 Å². The first-order valence-electron chi connectivity index (χ1n) is 8.56. The van der Waals surface area contributed by atoms with Crippen LogP contribution in [-0.4, -0.2) is 27.5 Å². The molecule has 144 valence electrons. The van der Waals surface area contributed by atoms with Crippen LogP contribution in [0.15, 0.2) is 53.6 Å². The molecule has 3 aromatic rings. The normalized spacial score (nSPS) is 11.8. The number of anilines is 1. The number of aromatic nitrogens is 2. The summed E-state index contributed by atoms with van der Waals surface area (Å²) in [5.41, 5.74) is 1.44. The molecule has 0 saturated heterocycles. The van der Waals surface area contributed by atoms with E-state index in [1.165, 1.54) is 13.3 Å². The topological polar surface area (TPSA) is 90.3 Å². The number of halogens is 1. The molecule has 1 heterocycles. The standard InChI is InChI=1S/C20H18ClN3O4/c1-12-15(21)7-5-9-16(12)23-19(26)13(2)28-18(25)10-24-11-22-17-8-4-3-6-14(17)20(24)27/h3-9,11,13H,10H2,1-2H3,(H,23,26)/t13-/m0/s1. The average molecular weight is 400 g/mol. The zero-order valence-electron chi connectivity index (χ0n) is 15.3. The second kappa shape index (κ2) is 8.22. The van der Waals surface area contributed by atoms with Crippen LogP contribution >= 0.6 is 11.6 Å². The third-order valence-corrected chi connectivity index (χ3v) is 4.64. The fourth-order valence-corrected chi connectivity index (χ4v) is 2.80. The van der Waals surface area contributed by atoms with Gasteiger partial charge in [-0.25, -0.2) is 4.98 Å². The summed E-state index contributed by atoms with van der Waals surface area (Å²) in [6, 6.07) is 12.0. The molecule has 7 nitrogen and oxygen atoms in total. The van der Waals surface area contributed by atoms with E-state index >= 15 is 0 Å². The van der Waals surface area contributed by atoms with Gasteiger partial charge in [0.2, 0.25) is 0 Å². The number of rotatable bonds is 5. The number of carbonyl (C=O) groups excluding carboxylic acids is 2. The first kappa shape index (κ1) is 19.6. The monoisotopic (exact) mass is 399 g/mol. The van der Waals surface area contributed by atoms with Crippen LogP contribution in [0.4, 0.5) is 5.69 Å². The molecular weight excluding hydrogens is 382 g/mol. The number of para-hydroxylation sites is 1. The summed E-state index contributed by atoms with van der Waals surface area (Å²) < 4.78 is 6.30. The number of carbonyl (C=O) groups is 2. The minimum absolute atomic E-state index is 0.343. The number of esters is 1. The van der Waals surface area contributed by atoms with E-state index in [2.05, 4.69) is 10.3 Å². The molecule has 0 bridgehead atoms. The SMILES string of the molecule is Cc1c(Cl)cccc1NC(=O)[C@H](C)OC(=O)Cn1cnc2ccccc2c1=O. The van der Waals surface area contributed by atoms with Crippen molar-refractivity contribution in [2.24, 2.45) is 0 Å². The minimum atomic E-state index is -1.05. The highest BCUT2D eigenvalue weighted by Crippen LogP contribution is 2.23. The summed E-state index contributed by atoms with van der Waals surface area (Å²) >= 11 is 6.03. The van der Waals surface area contributed by atoms with Gasteiger partial charge in [0.15, 0.2) is 6.10 Å². The van der Waals surface area contributed by atoms with Crippen LogP contribution in [-0.2, 0) is 20.9 Å². The van der Waals surface area contributed by atoms with Gasteiger partial charge in [-0.15, -0.1) is 0 Å². The number of ether oxygens (including phenoxy) is 1. The Hall–Kier alpha value is -3.19. The summed E-state index contributed by atoms with van der Waals surface area (Å²) in [5, 5.41) is 3.60. The molecule has 0 aliphatic rings. The van der Waals surface area contributed by atoms with E-state index in [-0.39, 0.29) is 12.1 Å². The maximum absolute atomic E-state index is 12.4. The minimum Gasteiger partial charge on any atom is -0.451 e. The van der Waals surface area contributed by atoms with Gasteiger partial charge < -0.3 is 10.1 Å². The molecule has 0 aliphatic carbocycles. The fourth-order valence-electron chi connectivity index (χ4n) is 2.62. The van der Waals surface area contributed by atoms with Gasteiger partial charge in [-0.3, -0.25) is 19.0 Å². The number of fused-ring (bicyclic) bond motifs is 1. The largest absolute Gasteiger partial charge is 0.451 e. The van der Waals surface area contributed by atoms with Crippen LogP contribution in [0.3, 0.4) is 0 Å². The Morgan fingerprint density at radius 2 is 1.96 bits per heavy atom. The van der Waals surface area contributed by atoms with Gasteiger partial charge in [-0.2, -0.15) is 0 Å². The maximum atomic E-state index is 12.4. The Morgan fingerprint density at radius 3 is 2.75 bits per heavy atom. The first-order valence-corrected chi connectivity index (χ1v) is 8.94. The summed E-state index contributed by atoms with van der Waals surface area (Å²) in [6.45, 7) is 2.88. The highest BCUT2D eigenvalue weighted by Gasteiger charge is 2.19. The number of amides is 1. The number of hydrogen-bond donors (Lipinski definition) is 1. The molecule has 1 N–H and O–H groups in total. The van der Waals surface area contributed by atoms with Gasteiger partial charge >= 0.3 is 5.97 Å². The molecule has 1 aromatic heterocycles. The van der Waals surface area contributed by atoms with Gasteiger partial charge in [0.05, 0.1) is 17.2 Å². The summed E-state index contributed by atoms with van der Waals surface area (Å²) in [7, 11) is 0. The third-order valence-electron chi connectivity index (χ3n) is 4.23. The van der Waals surface area contributed by atoms with Crippen LogP contribution in [0.25, 0.3) is 10.9 Å². The zero-order valence-corrected chi connectivity index (χ0v) is 16.1. The molecule has 0 aliphatic heterocycles. The third kappa shape index (κ3) is 4.20. The molecule has 1 atom stereocenters. The van der Waals surface area contributed by atoms with Crippen LogP contribution < -0.4 is 10.9 Å². The molecule has 1 amide bonds. The second-order valence-electron chi connectivity index (χ2n) is 6.23. The number of nitrogens with zero attached hydrogens (tertiary/aromatic N) is 2. The molecule has 28 heavy (non-hydrogen) atoms. The van der Waals surface area contributed by atoms with Gasteiger partial charge in [0.1, 0.15) is 6.54 Å². The molecule has 0 saturated carbocycles. The lowest BCUT2D eigenvalue weighted by molar-refractivity contribution is -0.153. The van der Waals surface area contributed by atoms with Crippen LogP contribution in [0.1, 0.15) is 12.5 Å². The van der Waals surface area contributed by atoms with Crippen molar-refractivity contribution >= 4 is 40.1 Å². The van der Waals surface area contributed by atoms with Gasteiger partial charge in [-0.1, -0.05) is 29.8 Å². The molecule has 3 rings (SSSR count). The number of hydrogen-bond acceptors (Lipinski definition) is 5. The van der Waals surface area contributed by atoms with E-state index < -0.39 is 18.0 Å². The van der Waals surface area contributed by atoms with Gasteiger partial charge in [-0.05, 0) is 43.7 Å². The van der Waals surface area contributed by atoms with E-state index in [4.69, 9.17) is 16.3 Å². The molecule has 0 spiro atoms. The van der Waals surface area contributed by atoms with Crippen LogP contribution in [0.5, 0.6) is 0 Å². The molecule has 0 fully saturated rings. The average Bonchev–Trinajstić information content (AvgIpc) is 2.67. The Labute approximate surface area is 165 Å². The van der Waals surface area contributed by atoms with E-state index in [1.807, 2.05) is 0 Å². The van der Waals surface area contributed by atoms with E-state index in [9.17, 15) is 14.4 Å². The van der Waals surface area contributed by atoms with Crippen molar-refractivity contribution in [3.63, 3.8) is 0 Å². The quantitative estimate of drug-likeness (QED) is 0.666. The highest BCUT2D eigenvalue weighted by molar-refractivity contribution is 6.31. The second-order valence-corrected chi connectivity index (χ2v) is 6.64. The predicted molar refractivity (Wildman–Crippen MR) is 106 cm³/mol. The van der Waals surface area contributed by atoms with Crippen molar-refractivity contribution in [2.75, 3.05) is 5.32 Å². The molecule has 2 aromatic carbocycles. The highest BCUT2D eigenvalue weighted by atomic mass is 35.5. The molecule has 8 heteroatoms. The molecule has 0 unspecified atom stereocenters. The van der Waals surface area contributed by atoms with Crippen LogP contribution in [0.2, 0.25) is 5.02 Å². The summed E-state index contributed by atoms with van der Waals surface area (Å²) in [4.78, 5) is 41.0. The lowest BCUT2D eigenvalue weighted by atomic mass is 10.2. The Balaban J connectivity index is 1.66. The maximum Gasteiger partial charge on any atom is 0.326 e. The predicted octanol–water partition coefficient (Wildman–Crippen LogP) is 2.93. The summed E-state index contributed by atoms with van der Waals surface area (Å²) in [5.74, 6) is -1.22. The lowest BCUT2D eigenvalue weighted by Crippen LogP contribution is -2.33. The Bertz CT molecular complexity index is 1110. The first-order chi connectivity index (χ1) is 13.4. The van der Waals surface area contributed by atoms with Gasteiger partial charge in [0.25, 0.3) is 11.5 Å². The van der Waals surface area contributed by atoms with E-state index in [0.29, 0.717) is 27.2 Å². The van der Waals surface area contributed by atoms with E-state index in [0.717, 1.165) is 4.57 Å². The number of nitrogens with one attached hydrogen (secondary N) is 1.